The summed E-state index contributed by atoms with van der Waals surface area (Å²) in [5, 5.41) is 23.0. The highest BCUT2D eigenvalue weighted by Gasteiger charge is 2.40. The van der Waals surface area contributed by atoms with Crippen molar-refractivity contribution >= 4 is 47.1 Å². The van der Waals surface area contributed by atoms with Gasteiger partial charge in [0.25, 0.3) is 17.7 Å². The van der Waals surface area contributed by atoms with E-state index in [-0.39, 0.29) is 28.4 Å². The van der Waals surface area contributed by atoms with Crippen LogP contribution in [0.25, 0.3) is 0 Å². The Balaban J connectivity index is 1.49. The molecule has 2 aromatic rings. The standard InChI is InChI=1S/C25H18N4O8/c30-16-10-6-14(7-11-16)28-22(34)18(20(32)26-24(28)36)4-2-1-3-5-19-21(33)27-25(37)29(23(19)35)15-8-12-17(31)13-9-15/h1-13,18,30-31H,(H,26,32,36)(H,27,33,37). The van der Waals surface area contributed by atoms with Crippen molar-refractivity contribution in [1.29, 1.82) is 0 Å². The lowest BCUT2D eigenvalue weighted by atomic mass is 10.0. The van der Waals surface area contributed by atoms with Gasteiger partial charge >= 0.3 is 12.1 Å². The number of nitrogens with one attached hydrogen (secondary N) is 2. The molecule has 2 aromatic carbocycles. The second-order valence-electron chi connectivity index (χ2n) is 7.73. The van der Waals surface area contributed by atoms with Crippen molar-refractivity contribution in [3.63, 3.8) is 0 Å². The molecule has 2 aliphatic heterocycles. The third-order valence-corrected chi connectivity index (χ3v) is 5.31. The SMILES string of the molecule is O=C1NC(=O)N(c2ccc(O)cc2)C(=O)C1=CC=CC=CC1C(=O)NC(=O)N(c2ccc(O)cc2)C1=O. The van der Waals surface area contributed by atoms with E-state index in [1.54, 1.807) is 0 Å². The number of hydrogen-bond donors (Lipinski definition) is 4. The molecule has 0 spiro atoms. The lowest BCUT2D eigenvalue weighted by molar-refractivity contribution is -0.132. The molecule has 37 heavy (non-hydrogen) atoms. The summed E-state index contributed by atoms with van der Waals surface area (Å²) in [6, 6.07) is 8.59. The van der Waals surface area contributed by atoms with Crippen LogP contribution >= 0.6 is 0 Å². The number of phenolic OH excluding ortho intramolecular Hbond substituents is 2. The Morgan fingerprint density at radius 1 is 0.676 bits per heavy atom. The van der Waals surface area contributed by atoms with Crippen LogP contribution in [0.4, 0.5) is 21.0 Å². The van der Waals surface area contributed by atoms with Crippen molar-refractivity contribution < 1.29 is 39.0 Å². The predicted molar refractivity (Wildman–Crippen MR) is 128 cm³/mol. The lowest BCUT2D eigenvalue weighted by Crippen LogP contribution is -2.57. The van der Waals surface area contributed by atoms with Gasteiger partial charge in [-0.15, -0.1) is 0 Å². The van der Waals surface area contributed by atoms with Gasteiger partial charge in [0.2, 0.25) is 5.91 Å². The van der Waals surface area contributed by atoms with Crippen molar-refractivity contribution in [3.8, 4) is 11.5 Å². The maximum Gasteiger partial charge on any atom is 0.335 e. The molecule has 0 bridgehead atoms. The molecule has 2 heterocycles. The van der Waals surface area contributed by atoms with E-state index in [1.807, 2.05) is 5.32 Å². The molecule has 12 nitrogen and oxygen atoms in total. The number of nitrogens with zero attached hydrogens (tertiary/aromatic N) is 2. The molecule has 12 heteroatoms. The highest BCUT2D eigenvalue weighted by molar-refractivity contribution is 6.37. The molecule has 0 saturated carbocycles. The molecule has 186 valence electrons. The Hall–Kier alpha value is -5.52. The van der Waals surface area contributed by atoms with Gasteiger partial charge in [-0.2, -0.15) is 0 Å². The highest BCUT2D eigenvalue weighted by atomic mass is 16.3. The van der Waals surface area contributed by atoms with E-state index in [1.165, 1.54) is 72.8 Å². The van der Waals surface area contributed by atoms with Gasteiger partial charge in [-0.25, -0.2) is 19.4 Å². The number of amides is 8. The van der Waals surface area contributed by atoms with Gasteiger partial charge in [-0.1, -0.05) is 24.3 Å². The molecule has 4 rings (SSSR count). The van der Waals surface area contributed by atoms with E-state index in [2.05, 4.69) is 5.32 Å². The van der Waals surface area contributed by atoms with E-state index in [4.69, 9.17) is 0 Å². The van der Waals surface area contributed by atoms with Gasteiger partial charge in [-0.3, -0.25) is 29.8 Å². The molecule has 0 aromatic heterocycles. The van der Waals surface area contributed by atoms with Gasteiger partial charge in [0.05, 0.1) is 11.4 Å². The summed E-state index contributed by atoms with van der Waals surface area (Å²) < 4.78 is 0. The molecular weight excluding hydrogens is 484 g/mol. The molecule has 0 radical (unpaired) electrons. The Morgan fingerprint density at radius 2 is 1.22 bits per heavy atom. The van der Waals surface area contributed by atoms with Crippen LogP contribution < -0.4 is 20.4 Å². The summed E-state index contributed by atoms with van der Waals surface area (Å²) >= 11 is 0. The molecule has 1 unspecified atom stereocenters. The van der Waals surface area contributed by atoms with Crippen LogP contribution in [0.2, 0.25) is 0 Å². The van der Waals surface area contributed by atoms with Crippen LogP contribution in [-0.2, 0) is 19.2 Å². The number of aromatic hydroxyl groups is 2. The average molecular weight is 502 g/mol. The summed E-state index contributed by atoms with van der Waals surface area (Å²) in [6.07, 6.45) is 6.33. The largest absolute Gasteiger partial charge is 0.508 e. The number of urea groups is 2. The van der Waals surface area contributed by atoms with Crippen molar-refractivity contribution in [2.45, 2.75) is 0 Å². The van der Waals surface area contributed by atoms with E-state index in [0.717, 1.165) is 15.9 Å². The topological polar surface area (TPSA) is 173 Å². The molecule has 2 saturated heterocycles. The molecule has 4 N–H and O–H groups in total. The monoisotopic (exact) mass is 502 g/mol. The minimum atomic E-state index is -1.34. The fourth-order valence-electron chi connectivity index (χ4n) is 3.51. The molecule has 1 atom stereocenters. The van der Waals surface area contributed by atoms with Crippen molar-refractivity contribution in [1.82, 2.24) is 10.6 Å². The smallest absolute Gasteiger partial charge is 0.335 e. The van der Waals surface area contributed by atoms with Crippen LogP contribution in [-0.4, -0.2) is 45.9 Å². The quantitative estimate of drug-likeness (QED) is 0.207. The second kappa shape index (κ2) is 10.00. The van der Waals surface area contributed by atoms with E-state index in [0.29, 0.717) is 0 Å². The fourth-order valence-corrected chi connectivity index (χ4v) is 3.51. The fraction of sp³-hybridized carbons (Fsp3) is 0.0400. The number of hydrogen-bond acceptors (Lipinski definition) is 8. The minimum absolute atomic E-state index is 0.0684. The number of rotatable bonds is 5. The maximum atomic E-state index is 12.8. The lowest BCUT2D eigenvalue weighted by Gasteiger charge is -2.28. The van der Waals surface area contributed by atoms with Crippen LogP contribution in [0.1, 0.15) is 0 Å². The zero-order valence-electron chi connectivity index (χ0n) is 18.8. The number of carbonyl (C=O) groups is 6. The number of anilines is 2. The summed E-state index contributed by atoms with van der Waals surface area (Å²) in [5.41, 5.74) is -0.0638. The van der Waals surface area contributed by atoms with Crippen LogP contribution in [0.15, 0.2) is 84.5 Å². The number of barbiturate groups is 2. The van der Waals surface area contributed by atoms with Gasteiger partial charge in [0, 0.05) is 0 Å². The zero-order valence-corrected chi connectivity index (χ0v) is 18.8. The van der Waals surface area contributed by atoms with E-state index < -0.39 is 41.6 Å². The Bertz CT molecular complexity index is 1410. The van der Waals surface area contributed by atoms with Gasteiger partial charge in [-0.05, 0) is 54.6 Å². The number of allylic oxidation sites excluding steroid dienone is 4. The minimum Gasteiger partial charge on any atom is -0.508 e. The Labute approximate surface area is 208 Å². The van der Waals surface area contributed by atoms with Gasteiger partial charge in [0.15, 0.2) is 0 Å². The van der Waals surface area contributed by atoms with E-state index >= 15 is 0 Å². The van der Waals surface area contributed by atoms with Crippen molar-refractivity contribution in [3.05, 3.63) is 84.5 Å². The van der Waals surface area contributed by atoms with Crippen molar-refractivity contribution in [2.75, 3.05) is 9.80 Å². The Morgan fingerprint density at radius 3 is 1.81 bits per heavy atom. The zero-order chi connectivity index (χ0) is 26.7. The van der Waals surface area contributed by atoms with Crippen LogP contribution in [0, 0.1) is 5.92 Å². The number of phenols is 2. The van der Waals surface area contributed by atoms with Gasteiger partial charge in [0.1, 0.15) is 23.0 Å². The molecular formula is C25H18N4O8. The number of carbonyl (C=O) groups excluding carboxylic acids is 6. The second-order valence-corrected chi connectivity index (χ2v) is 7.73. The first-order chi connectivity index (χ1) is 17.7. The summed E-state index contributed by atoms with van der Waals surface area (Å²) in [5.74, 6) is -4.94. The highest BCUT2D eigenvalue weighted by Crippen LogP contribution is 2.24. The first kappa shape index (κ1) is 24.6. The Kier molecular flexibility index (Phi) is 6.65. The van der Waals surface area contributed by atoms with Gasteiger partial charge < -0.3 is 10.2 Å². The van der Waals surface area contributed by atoms with Crippen LogP contribution in [0.3, 0.4) is 0 Å². The van der Waals surface area contributed by atoms with Crippen LogP contribution in [0.5, 0.6) is 11.5 Å². The number of benzene rings is 2. The third kappa shape index (κ3) is 4.98. The van der Waals surface area contributed by atoms with E-state index in [9.17, 15) is 39.0 Å². The molecule has 8 amide bonds. The van der Waals surface area contributed by atoms with Crippen molar-refractivity contribution in [2.24, 2.45) is 5.92 Å². The normalized spacial score (nSPS) is 19.8. The first-order valence-corrected chi connectivity index (χ1v) is 10.7. The average Bonchev–Trinajstić information content (AvgIpc) is 2.84. The summed E-state index contributed by atoms with van der Waals surface area (Å²) in [7, 11) is 0. The number of imide groups is 4. The third-order valence-electron chi connectivity index (χ3n) is 5.31. The molecule has 2 aliphatic rings. The summed E-state index contributed by atoms with van der Waals surface area (Å²) in [4.78, 5) is 75.8. The molecule has 2 fully saturated rings. The predicted octanol–water partition coefficient (Wildman–Crippen LogP) is 1.62. The molecule has 0 aliphatic carbocycles. The maximum absolute atomic E-state index is 12.8. The first-order valence-electron chi connectivity index (χ1n) is 10.7. The summed E-state index contributed by atoms with van der Waals surface area (Å²) in [6.45, 7) is 0.